The lowest BCUT2D eigenvalue weighted by Gasteiger charge is -2.13. The number of amides is 1. The summed E-state index contributed by atoms with van der Waals surface area (Å²) in [5, 5.41) is 2.89. The monoisotopic (exact) mass is 341 g/mol. The van der Waals surface area contributed by atoms with Crippen molar-refractivity contribution in [2.24, 2.45) is 0 Å². The number of ether oxygens (including phenoxy) is 2. The van der Waals surface area contributed by atoms with Gasteiger partial charge >= 0.3 is 0 Å². The van der Waals surface area contributed by atoms with Crippen LogP contribution in [0, 0.1) is 5.82 Å². The van der Waals surface area contributed by atoms with Crippen LogP contribution in [0.15, 0.2) is 30.3 Å². The minimum Gasteiger partial charge on any atom is -0.493 e. The Hall–Kier alpha value is -2.56. The largest absolute Gasteiger partial charge is 0.493 e. The summed E-state index contributed by atoms with van der Waals surface area (Å²) in [6, 6.07) is 8.45. The molecule has 25 heavy (non-hydrogen) atoms. The second-order valence-electron chi connectivity index (χ2n) is 6.39. The molecule has 2 aromatic carbocycles. The van der Waals surface area contributed by atoms with E-state index in [2.05, 4.69) is 11.4 Å². The molecule has 2 aromatic rings. The van der Waals surface area contributed by atoms with Crippen molar-refractivity contribution in [1.29, 1.82) is 0 Å². The van der Waals surface area contributed by atoms with Gasteiger partial charge in [0.2, 0.25) is 5.91 Å². The fraction of sp³-hybridized carbons (Fsp3) is 0.350. The molecule has 0 fully saturated rings. The third-order valence-electron chi connectivity index (χ3n) is 4.77. The Bertz CT molecular complexity index is 787. The van der Waals surface area contributed by atoms with Crippen molar-refractivity contribution in [3.63, 3.8) is 0 Å². The van der Waals surface area contributed by atoms with E-state index >= 15 is 0 Å². The smallest absolute Gasteiger partial charge is 0.224 e. The molecule has 0 unspecified atom stereocenters. The van der Waals surface area contributed by atoms with Crippen LogP contribution in [-0.2, 0) is 30.5 Å². The minimum absolute atomic E-state index is 0.0529. The van der Waals surface area contributed by atoms with E-state index in [0.29, 0.717) is 31.7 Å². The SMILES string of the molecule is O=C(Cc1ccccc1F)NCCc1c2c(cc3c1OCC3)OCC2. The molecule has 130 valence electrons. The summed E-state index contributed by atoms with van der Waals surface area (Å²) in [5.41, 5.74) is 3.95. The van der Waals surface area contributed by atoms with Crippen molar-refractivity contribution in [3.8, 4) is 11.5 Å². The molecule has 2 aliphatic heterocycles. The molecule has 0 aromatic heterocycles. The molecule has 0 atom stereocenters. The molecule has 0 saturated carbocycles. The highest BCUT2D eigenvalue weighted by Crippen LogP contribution is 2.40. The zero-order chi connectivity index (χ0) is 17.2. The molecule has 1 amide bonds. The number of carbonyl (C=O) groups is 1. The summed E-state index contributed by atoms with van der Waals surface area (Å²) in [6.45, 7) is 1.90. The van der Waals surface area contributed by atoms with Crippen LogP contribution in [-0.4, -0.2) is 25.7 Å². The Kier molecular flexibility index (Phi) is 4.30. The van der Waals surface area contributed by atoms with Crippen molar-refractivity contribution in [1.82, 2.24) is 5.32 Å². The summed E-state index contributed by atoms with van der Waals surface area (Å²) in [5.74, 6) is 1.40. The van der Waals surface area contributed by atoms with Gasteiger partial charge in [-0.05, 0) is 24.1 Å². The molecule has 2 heterocycles. The number of hydrogen-bond donors (Lipinski definition) is 1. The highest BCUT2D eigenvalue weighted by Gasteiger charge is 2.26. The van der Waals surface area contributed by atoms with Crippen LogP contribution in [0.3, 0.4) is 0 Å². The van der Waals surface area contributed by atoms with Gasteiger partial charge in [0.15, 0.2) is 0 Å². The number of nitrogens with one attached hydrogen (secondary N) is 1. The summed E-state index contributed by atoms with van der Waals surface area (Å²) in [7, 11) is 0. The van der Waals surface area contributed by atoms with Crippen molar-refractivity contribution in [2.75, 3.05) is 19.8 Å². The van der Waals surface area contributed by atoms with Crippen LogP contribution >= 0.6 is 0 Å². The molecule has 5 heteroatoms. The first-order valence-corrected chi connectivity index (χ1v) is 8.65. The predicted molar refractivity (Wildman–Crippen MR) is 91.7 cm³/mol. The lowest BCUT2D eigenvalue weighted by Crippen LogP contribution is -2.27. The summed E-state index contributed by atoms with van der Waals surface area (Å²) >= 11 is 0. The maximum absolute atomic E-state index is 13.6. The number of carbonyl (C=O) groups excluding carboxylic acids is 1. The Balaban J connectivity index is 1.41. The molecule has 1 N–H and O–H groups in total. The second kappa shape index (κ2) is 6.75. The standard InChI is InChI=1S/C20H20FNO3/c21-17-4-2-1-3-13(17)12-19(23)22-8-5-16-15-7-10-24-18(15)11-14-6-9-25-20(14)16/h1-4,11H,5-10,12H2,(H,22,23). The van der Waals surface area contributed by atoms with Crippen molar-refractivity contribution >= 4 is 5.91 Å². The van der Waals surface area contributed by atoms with Gasteiger partial charge in [-0.25, -0.2) is 4.39 Å². The molecular weight excluding hydrogens is 321 g/mol. The zero-order valence-electron chi connectivity index (χ0n) is 13.9. The van der Waals surface area contributed by atoms with Gasteiger partial charge in [0.1, 0.15) is 17.3 Å². The van der Waals surface area contributed by atoms with E-state index in [-0.39, 0.29) is 18.1 Å². The van der Waals surface area contributed by atoms with Crippen LogP contribution in [0.5, 0.6) is 11.5 Å². The van der Waals surface area contributed by atoms with E-state index in [0.717, 1.165) is 29.9 Å². The number of hydrogen-bond acceptors (Lipinski definition) is 3. The predicted octanol–water partition coefficient (Wildman–Crippen LogP) is 2.60. The Labute approximate surface area is 146 Å². The van der Waals surface area contributed by atoms with E-state index in [1.54, 1.807) is 18.2 Å². The highest BCUT2D eigenvalue weighted by atomic mass is 19.1. The summed E-state index contributed by atoms with van der Waals surface area (Å²) in [4.78, 5) is 12.1. The van der Waals surface area contributed by atoms with Crippen molar-refractivity contribution in [3.05, 3.63) is 58.4 Å². The molecule has 4 nitrogen and oxygen atoms in total. The Morgan fingerprint density at radius 1 is 1.16 bits per heavy atom. The molecule has 0 radical (unpaired) electrons. The lowest BCUT2D eigenvalue weighted by atomic mass is 9.97. The number of benzene rings is 2. The minimum atomic E-state index is -0.345. The van der Waals surface area contributed by atoms with Gasteiger partial charge in [-0.3, -0.25) is 4.79 Å². The fourth-order valence-corrected chi connectivity index (χ4v) is 3.55. The molecule has 2 aliphatic rings. The molecule has 0 spiro atoms. The van der Waals surface area contributed by atoms with Crippen molar-refractivity contribution < 1.29 is 18.7 Å². The van der Waals surface area contributed by atoms with E-state index in [9.17, 15) is 9.18 Å². The number of rotatable bonds is 5. The number of fused-ring (bicyclic) bond motifs is 2. The van der Waals surface area contributed by atoms with Crippen LogP contribution in [0.25, 0.3) is 0 Å². The highest BCUT2D eigenvalue weighted by molar-refractivity contribution is 5.78. The van der Waals surface area contributed by atoms with Crippen LogP contribution in [0.4, 0.5) is 4.39 Å². The van der Waals surface area contributed by atoms with Crippen molar-refractivity contribution in [2.45, 2.75) is 25.7 Å². The first kappa shape index (κ1) is 15.9. The molecular formula is C20H20FNO3. The normalized spacial score (nSPS) is 14.4. The van der Waals surface area contributed by atoms with Crippen LogP contribution in [0.1, 0.15) is 22.3 Å². The number of halogens is 1. The average Bonchev–Trinajstić information content (AvgIpc) is 3.25. The molecule has 0 bridgehead atoms. The summed E-state index contributed by atoms with van der Waals surface area (Å²) < 4.78 is 25.1. The van der Waals surface area contributed by atoms with Gasteiger partial charge in [-0.15, -0.1) is 0 Å². The summed E-state index contributed by atoms with van der Waals surface area (Å²) in [6.07, 6.45) is 2.53. The van der Waals surface area contributed by atoms with Gasteiger partial charge in [-0.2, -0.15) is 0 Å². The average molecular weight is 341 g/mol. The van der Waals surface area contributed by atoms with Crippen LogP contribution < -0.4 is 14.8 Å². The Morgan fingerprint density at radius 2 is 2.00 bits per heavy atom. The van der Waals surface area contributed by atoms with E-state index in [4.69, 9.17) is 9.47 Å². The van der Waals surface area contributed by atoms with Gasteiger partial charge in [0, 0.05) is 36.1 Å². The maximum Gasteiger partial charge on any atom is 0.224 e. The molecule has 0 aliphatic carbocycles. The van der Waals surface area contributed by atoms with Gasteiger partial charge in [0.25, 0.3) is 0 Å². The zero-order valence-corrected chi connectivity index (χ0v) is 13.9. The van der Waals surface area contributed by atoms with E-state index < -0.39 is 0 Å². The first-order chi connectivity index (χ1) is 12.2. The van der Waals surface area contributed by atoms with Gasteiger partial charge in [0.05, 0.1) is 19.6 Å². The molecule has 4 rings (SSSR count). The third-order valence-corrected chi connectivity index (χ3v) is 4.77. The van der Waals surface area contributed by atoms with Gasteiger partial charge < -0.3 is 14.8 Å². The second-order valence-corrected chi connectivity index (χ2v) is 6.39. The van der Waals surface area contributed by atoms with E-state index in [1.807, 2.05) is 0 Å². The maximum atomic E-state index is 13.6. The van der Waals surface area contributed by atoms with E-state index in [1.165, 1.54) is 17.2 Å². The van der Waals surface area contributed by atoms with Crippen LogP contribution in [0.2, 0.25) is 0 Å². The topological polar surface area (TPSA) is 47.6 Å². The third kappa shape index (κ3) is 3.18. The fourth-order valence-electron chi connectivity index (χ4n) is 3.55. The lowest BCUT2D eigenvalue weighted by molar-refractivity contribution is -0.120. The Morgan fingerprint density at radius 3 is 2.88 bits per heavy atom. The van der Waals surface area contributed by atoms with Gasteiger partial charge in [-0.1, -0.05) is 18.2 Å². The first-order valence-electron chi connectivity index (χ1n) is 8.65. The molecule has 0 saturated heterocycles. The quantitative estimate of drug-likeness (QED) is 0.909.